The van der Waals surface area contributed by atoms with E-state index in [2.05, 4.69) is 55.0 Å². The van der Waals surface area contributed by atoms with Gasteiger partial charge in [0, 0.05) is 38.3 Å². The van der Waals surface area contributed by atoms with Crippen molar-refractivity contribution >= 4 is 0 Å². The molecule has 0 bridgehead atoms. The largest absolute Gasteiger partial charge is 0.315 e. The van der Waals surface area contributed by atoms with E-state index >= 15 is 0 Å². The summed E-state index contributed by atoms with van der Waals surface area (Å²) in [5.74, 6) is 0. The van der Waals surface area contributed by atoms with E-state index in [0.717, 1.165) is 13.1 Å². The van der Waals surface area contributed by atoms with Gasteiger partial charge in [-0.2, -0.15) is 0 Å². The summed E-state index contributed by atoms with van der Waals surface area (Å²) >= 11 is 0. The van der Waals surface area contributed by atoms with Crippen LogP contribution < -0.4 is 5.32 Å². The predicted molar refractivity (Wildman–Crippen MR) is 79.2 cm³/mol. The normalized spacial score (nSPS) is 21.7. The lowest BCUT2D eigenvalue weighted by Crippen LogP contribution is -2.58. The molecule has 1 saturated heterocycles. The molecule has 0 saturated carbocycles. The molecular weight excluding hydrogens is 224 g/mol. The van der Waals surface area contributed by atoms with Crippen molar-refractivity contribution in [3.05, 3.63) is 0 Å². The molecule has 1 N–H and O–H groups in total. The molecule has 1 heterocycles. The van der Waals surface area contributed by atoms with Gasteiger partial charge in [0.25, 0.3) is 0 Å². The quantitative estimate of drug-likeness (QED) is 0.672. The number of likely N-dealkylation sites (N-methyl/N-ethyl adjacent to an activating group) is 1. The van der Waals surface area contributed by atoms with Crippen LogP contribution in [0.3, 0.4) is 0 Å². The zero-order valence-electron chi connectivity index (χ0n) is 13.0. The van der Waals surface area contributed by atoms with Crippen molar-refractivity contribution in [1.82, 2.24) is 20.0 Å². The standard InChI is InChI=1S/C14H32N4/c1-14(2)13-18(12-11-17(14)5)10-8-15-7-6-9-16(3)4/h15H,6-13H2,1-5H3. The van der Waals surface area contributed by atoms with Crippen LogP contribution in [-0.4, -0.2) is 87.2 Å². The van der Waals surface area contributed by atoms with Crippen molar-refractivity contribution in [3.8, 4) is 0 Å². The highest BCUT2D eigenvalue weighted by atomic mass is 15.3. The maximum absolute atomic E-state index is 3.54. The monoisotopic (exact) mass is 256 g/mol. The fraction of sp³-hybridized carbons (Fsp3) is 1.00. The van der Waals surface area contributed by atoms with Gasteiger partial charge in [-0.15, -0.1) is 0 Å². The van der Waals surface area contributed by atoms with Gasteiger partial charge in [0.2, 0.25) is 0 Å². The number of hydrogen-bond acceptors (Lipinski definition) is 4. The summed E-state index contributed by atoms with van der Waals surface area (Å²) in [5, 5.41) is 3.54. The van der Waals surface area contributed by atoms with E-state index in [1.807, 2.05) is 0 Å². The van der Waals surface area contributed by atoms with Crippen LogP contribution in [0.4, 0.5) is 0 Å². The van der Waals surface area contributed by atoms with Crippen LogP contribution >= 0.6 is 0 Å². The number of hydrogen-bond donors (Lipinski definition) is 1. The zero-order chi connectivity index (χ0) is 13.6. The summed E-state index contributed by atoms with van der Waals surface area (Å²) < 4.78 is 0. The first-order valence-electron chi connectivity index (χ1n) is 7.21. The Labute approximate surface area is 113 Å². The topological polar surface area (TPSA) is 21.8 Å². The maximum Gasteiger partial charge on any atom is 0.0277 e. The van der Waals surface area contributed by atoms with Gasteiger partial charge < -0.3 is 10.2 Å². The van der Waals surface area contributed by atoms with Crippen LogP contribution in [0.25, 0.3) is 0 Å². The fourth-order valence-corrected chi connectivity index (χ4v) is 2.41. The lowest BCUT2D eigenvalue weighted by molar-refractivity contribution is 0.0407. The molecule has 1 rings (SSSR count). The first-order valence-corrected chi connectivity index (χ1v) is 7.21. The molecule has 4 heteroatoms. The second-order valence-corrected chi connectivity index (χ2v) is 6.42. The van der Waals surface area contributed by atoms with Crippen LogP contribution in [0.2, 0.25) is 0 Å². The Balaban J connectivity index is 2.06. The summed E-state index contributed by atoms with van der Waals surface area (Å²) in [4.78, 5) is 7.29. The Morgan fingerprint density at radius 3 is 2.50 bits per heavy atom. The van der Waals surface area contributed by atoms with E-state index in [1.54, 1.807) is 0 Å². The summed E-state index contributed by atoms with van der Waals surface area (Å²) in [6, 6.07) is 0. The van der Waals surface area contributed by atoms with Crippen LogP contribution in [0, 0.1) is 0 Å². The summed E-state index contributed by atoms with van der Waals surface area (Å²) in [6.45, 7) is 12.9. The highest BCUT2D eigenvalue weighted by Crippen LogP contribution is 2.18. The van der Waals surface area contributed by atoms with Gasteiger partial charge in [0.05, 0.1) is 0 Å². The molecule has 1 fully saturated rings. The molecule has 4 nitrogen and oxygen atoms in total. The molecule has 0 aromatic rings. The molecule has 1 aliphatic heterocycles. The Bertz CT molecular complexity index is 228. The molecule has 0 aromatic carbocycles. The molecule has 0 radical (unpaired) electrons. The average Bonchev–Trinajstić information content (AvgIpc) is 2.27. The predicted octanol–water partition coefficient (Wildman–Crippen LogP) is 0.554. The SMILES string of the molecule is CN(C)CCCNCCN1CCN(C)C(C)(C)C1. The van der Waals surface area contributed by atoms with Crippen molar-refractivity contribution in [1.29, 1.82) is 0 Å². The van der Waals surface area contributed by atoms with E-state index in [0.29, 0.717) is 5.54 Å². The van der Waals surface area contributed by atoms with Crippen LogP contribution in [0.15, 0.2) is 0 Å². The number of rotatable bonds is 7. The molecule has 0 atom stereocenters. The first-order chi connectivity index (χ1) is 8.42. The highest BCUT2D eigenvalue weighted by Gasteiger charge is 2.30. The molecule has 18 heavy (non-hydrogen) atoms. The van der Waals surface area contributed by atoms with Crippen molar-refractivity contribution in [2.24, 2.45) is 0 Å². The molecule has 0 spiro atoms. The number of piperazine rings is 1. The van der Waals surface area contributed by atoms with E-state index in [1.165, 1.54) is 39.1 Å². The average molecular weight is 256 g/mol. The number of nitrogens with one attached hydrogen (secondary N) is 1. The zero-order valence-corrected chi connectivity index (χ0v) is 13.0. The van der Waals surface area contributed by atoms with E-state index in [-0.39, 0.29) is 0 Å². The smallest absolute Gasteiger partial charge is 0.0277 e. The second kappa shape index (κ2) is 7.43. The minimum atomic E-state index is 0.323. The summed E-state index contributed by atoms with van der Waals surface area (Å²) in [7, 11) is 6.50. The molecular formula is C14H32N4. The minimum Gasteiger partial charge on any atom is -0.315 e. The lowest BCUT2D eigenvalue weighted by atomic mass is 10.00. The van der Waals surface area contributed by atoms with Crippen LogP contribution in [-0.2, 0) is 0 Å². The first kappa shape index (κ1) is 15.9. The molecule has 1 aliphatic rings. The third-order valence-corrected chi connectivity index (χ3v) is 3.96. The Morgan fingerprint density at radius 1 is 1.17 bits per heavy atom. The third kappa shape index (κ3) is 5.65. The Hall–Kier alpha value is -0.160. The molecule has 0 unspecified atom stereocenters. The Morgan fingerprint density at radius 2 is 1.89 bits per heavy atom. The maximum atomic E-state index is 3.54. The minimum absolute atomic E-state index is 0.323. The second-order valence-electron chi connectivity index (χ2n) is 6.42. The van der Waals surface area contributed by atoms with Crippen LogP contribution in [0.5, 0.6) is 0 Å². The Kier molecular flexibility index (Phi) is 6.57. The van der Waals surface area contributed by atoms with Gasteiger partial charge in [-0.05, 0) is 54.5 Å². The van der Waals surface area contributed by atoms with Crippen LogP contribution in [0.1, 0.15) is 20.3 Å². The highest BCUT2D eigenvalue weighted by molar-refractivity contribution is 4.88. The van der Waals surface area contributed by atoms with Gasteiger partial charge in [0.1, 0.15) is 0 Å². The van der Waals surface area contributed by atoms with Crippen molar-refractivity contribution < 1.29 is 0 Å². The lowest BCUT2D eigenvalue weighted by Gasteiger charge is -2.45. The molecule has 108 valence electrons. The van der Waals surface area contributed by atoms with E-state index in [4.69, 9.17) is 0 Å². The van der Waals surface area contributed by atoms with Gasteiger partial charge >= 0.3 is 0 Å². The summed E-state index contributed by atoms with van der Waals surface area (Å²) in [5.41, 5.74) is 0.323. The van der Waals surface area contributed by atoms with Gasteiger partial charge in [0.15, 0.2) is 0 Å². The molecule has 0 aliphatic carbocycles. The van der Waals surface area contributed by atoms with E-state index < -0.39 is 0 Å². The van der Waals surface area contributed by atoms with Crippen molar-refractivity contribution in [2.45, 2.75) is 25.8 Å². The third-order valence-electron chi connectivity index (χ3n) is 3.96. The molecule has 0 amide bonds. The van der Waals surface area contributed by atoms with Crippen molar-refractivity contribution in [2.75, 3.05) is 67.0 Å². The van der Waals surface area contributed by atoms with Gasteiger partial charge in [-0.25, -0.2) is 0 Å². The summed E-state index contributed by atoms with van der Waals surface area (Å²) in [6.07, 6.45) is 1.24. The van der Waals surface area contributed by atoms with E-state index in [9.17, 15) is 0 Å². The molecule has 0 aromatic heterocycles. The van der Waals surface area contributed by atoms with Gasteiger partial charge in [-0.3, -0.25) is 9.80 Å². The number of nitrogens with zero attached hydrogens (tertiary/aromatic N) is 3. The van der Waals surface area contributed by atoms with Crippen molar-refractivity contribution in [3.63, 3.8) is 0 Å². The van der Waals surface area contributed by atoms with Gasteiger partial charge in [-0.1, -0.05) is 0 Å². The fourth-order valence-electron chi connectivity index (χ4n) is 2.41.